The Labute approximate surface area is 142 Å². The van der Waals surface area contributed by atoms with Gasteiger partial charge < -0.3 is 25.2 Å². The zero-order chi connectivity index (χ0) is 18.6. The summed E-state index contributed by atoms with van der Waals surface area (Å²) in [5, 5.41) is 12.6. The molecule has 0 amide bonds. The molecule has 8 heteroatoms. The van der Waals surface area contributed by atoms with E-state index in [1.807, 2.05) is 13.8 Å². The van der Waals surface area contributed by atoms with Gasteiger partial charge in [-0.1, -0.05) is 25.4 Å². The van der Waals surface area contributed by atoms with E-state index in [1.165, 1.54) is 0 Å². The van der Waals surface area contributed by atoms with Crippen molar-refractivity contribution < 1.29 is 29.0 Å². The molecule has 0 radical (unpaired) electrons. The predicted molar refractivity (Wildman–Crippen MR) is 88.8 cm³/mol. The van der Waals surface area contributed by atoms with E-state index in [2.05, 4.69) is 5.16 Å². The largest absolute Gasteiger partial charge is 0.463 e. The summed E-state index contributed by atoms with van der Waals surface area (Å²) in [6.45, 7) is 7.39. The van der Waals surface area contributed by atoms with E-state index in [9.17, 15) is 9.59 Å². The lowest BCUT2D eigenvalue weighted by Crippen LogP contribution is -2.32. The van der Waals surface area contributed by atoms with Gasteiger partial charge in [-0.05, 0) is 26.7 Å². The molecule has 0 aliphatic rings. The fourth-order valence-electron chi connectivity index (χ4n) is 1.64. The number of aliphatic hydroxyl groups excluding tert-OH is 1. The summed E-state index contributed by atoms with van der Waals surface area (Å²) < 4.78 is 9.54. The van der Waals surface area contributed by atoms with E-state index < -0.39 is 23.1 Å². The van der Waals surface area contributed by atoms with Gasteiger partial charge in [0.2, 0.25) is 5.76 Å². The Kier molecular flexibility index (Phi) is 10.4. The van der Waals surface area contributed by atoms with Crippen molar-refractivity contribution in [2.75, 3.05) is 19.8 Å². The van der Waals surface area contributed by atoms with Gasteiger partial charge in [0.15, 0.2) is 0 Å². The van der Waals surface area contributed by atoms with E-state index in [1.54, 1.807) is 13.8 Å². The van der Waals surface area contributed by atoms with Crippen LogP contribution < -0.4 is 5.73 Å². The van der Waals surface area contributed by atoms with Crippen molar-refractivity contribution in [3.05, 3.63) is 11.8 Å². The zero-order valence-electron chi connectivity index (χ0n) is 14.8. The lowest BCUT2D eigenvalue weighted by Gasteiger charge is -2.23. The number of carbonyl (C=O) groups is 2. The van der Waals surface area contributed by atoms with Crippen LogP contribution in [-0.4, -0.2) is 42.7 Å². The number of ether oxygens (including phenoxy) is 2. The lowest BCUT2D eigenvalue weighted by atomic mass is 9.86. The van der Waals surface area contributed by atoms with E-state index in [4.69, 9.17) is 25.2 Å². The highest BCUT2D eigenvalue weighted by atomic mass is 16.7. The predicted octanol–water partition coefficient (Wildman–Crippen LogP) is 1.47. The van der Waals surface area contributed by atoms with Gasteiger partial charge in [-0.25, -0.2) is 9.59 Å². The Balaban J connectivity index is 5.06. The van der Waals surface area contributed by atoms with E-state index in [0.717, 1.165) is 12.5 Å². The number of esters is 2. The first-order chi connectivity index (χ1) is 11.3. The van der Waals surface area contributed by atoms with Crippen LogP contribution in [0.15, 0.2) is 17.0 Å². The molecule has 0 aromatic rings. The first-order valence-electron chi connectivity index (χ1n) is 7.95. The molecule has 0 aromatic carbocycles. The van der Waals surface area contributed by atoms with Gasteiger partial charge in [0.05, 0.1) is 19.3 Å². The van der Waals surface area contributed by atoms with Crippen molar-refractivity contribution in [1.82, 2.24) is 0 Å². The fourth-order valence-corrected chi connectivity index (χ4v) is 1.64. The average Bonchev–Trinajstić information content (AvgIpc) is 2.51. The van der Waals surface area contributed by atoms with Crippen molar-refractivity contribution >= 4 is 17.8 Å². The number of amidine groups is 1. The molecule has 0 heterocycles. The molecule has 0 fully saturated rings. The molecule has 0 aliphatic heterocycles. The molecule has 0 unspecified atom stereocenters. The van der Waals surface area contributed by atoms with Crippen LogP contribution in [0.3, 0.4) is 0 Å². The topological polar surface area (TPSA) is 120 Å². The van der Waals surface area contributed by atoms with Crippen LogP contribution in [0, 0.1) is 5.41 Å². The molecule has 24 heavy (non-hydrogen) atoms. The highest BCUT2D eigenvalue weighted by molar-refractivity contribution is 5.95. The number of carbonyl (C=O) groups excluding carboxylic acids is 2. The maximum atomic E-state index is 11.8. The molecule has 0 saturated carbocycles. The van der Waals surface area contributed by atoms with Crippen LogP contribution in [-0.2, 0) is 23.9 Å². The standard InChI is InChI=1S/C16H28N2O6/c1-5-22-13(20)11-12(14(21)23-6-2)24-18-15(17)16(3,4)9-7-8-10-19/h11,19H,5-10H2,1-4H3,(H2,17,18). The third kappa shape index (κ3) is 8.52. The van der Waals surface area contributed by atoms with Crippen molar-refractivity contribution in [2.24, 2.45) is 16.3 Å². The average molecular weight is 344 g/mol. The van der Waals surface area contributed by atoms with Gasteiger partial charge in [0, 0.05) is 12.0 Å². The second kappa shape index (κ2) is 11.4. The first kappa shape index (κ1) is 21.9. The maximum Gasteiger partial charge on any atom is 0.377 e. The molecule has 0 rings (SSSR count). The number of rotatable bonds is 11. The molecule has 3 N–H and O–H groups in total. The molecule has 0 aromatic heterocycles. The number of unbranched alkanes of at least 4 members (excludes halogenated alkanes) is 1. The summed E-state index contributed by atoms with van der Waals surface area (Å²) in [6, 6.07) is 0. The van der Waals surface area contributed by atoms with Crippen molar-refractivity contribution in [3.63, 3.8) is 0 Å². The van der Waals surface area contributed by atoms with Crippen molar-refractivity contribution in [2.45, 2.75) is 47.0 Å². The molecule has 138 valence electrons. The molecule has 0 saturated heterocycles. The zero-order valence-corrected chi connectivity index (χ0v) is 14.8. The fraction of sp³-hybridized carbons (Fsp3) is 0.688. The normalized spacial score (nSPS) is 12.7. The molecular formula is C16H28N2O6. The van der Waals surface area contributed by atoms with Crippen LogP contribution in [0.25, 0.3) is 0 Å². The Morgan fingerprint density at radius 3 is 2.33 bits per heavy atom. The summed E-state index contributed by atoms with van der Waals surface area (Å²) >= 11 is 0. The van der Waals surface area contributed by atoms with E-state index in [0.29, 0.717) is 12.8 Å². The first-order valence-corrected chi connectivity index (χ1v) is 7.95. The lowest BCUT2D eigenvalue weighted by molar-refractivity contribution is -0.144. The second-order valence-corrected chi connectivity index (χ2v) is 5.61. The number of nitrogens with zero attached hydrogens (tertiary/aromatic N) is 1. The summed E-state index contributed by atoms with van der Waals surface area (Å²) in [6.07, 6.45) is 2.98. The maximum absolute atomic E-state index is 11.8. The molecule has 8 nitrogen and oxygen atoms in total. The quantitative estimate of drug-likeness (QED) is 0.111. The molecule has 0 aliphatic carbocycles. The number of hydrogen-bond acceptors (Lipinski definition) is 7. The van der Waals surface area contributed by atoms with Gasteiger partial charge >= 0.3 is 11.9 Å². The molecule has 0 atom stereocenters. The minimum Gasteiger partial charge on any atom is -0.463 e. The Morgan fingerprint density at radius 1 is 1.17 bits per heavy atom. The van der Waals surface area contributed by atoms with Crippen LogP contribution in [0.1, 0.15) is 47.0 Å². The summed E-state index contributed by atoms with van der Waals surface area (Å²) in [5.74, 6) is -1.80. The van der Waals surface area contributed by atoms with E-state index >= 15 is 0 Å². The molecular weight excluding hydrogens is 316 g/mol. The van der Waals surface area contributed by atoms with Gasteiger partial charge in [-0.2, -0.15) is 0 Å². The van der Waals surface area contributed by atoms with Crippen LogP contribution >= 0.6 is 0 Å². The number of aliphatic hydroxyl groups is 1. The van der Waals surface area contributed by atoms with Crippen molar-refractivity contribution in [1.29, 1.82) is 0 Å². The smallest absolute Gasteiger partial charge is 0.377 e. The molecule has 0 spiro atoms. The Hall–Kier alpha value is -2.09. The number of hydrogen-bond donors (Lipinski definition) is 2. The SMILES string of the molecule is CCOC(=O)C=C(ON=C(N)C(C)(C)CCCCO)C(=O)OCC. The highest BCUT2D eigenvalue weighted by Crippen LogP contribution is 2.23. The third-order valence-electron chi connectivity index (χ3n) is 3.16. The molecule has 0 bridgehead atoms. The Bertz CT molecular complexity index is 471. The minimum atomic E-state index is -0.833. The summed E-state index contributed by atoms with van der Waals surface area (Å²) in [4.78, 5) is 28.3. The van der Waals surface area contributed by atoms with Gasteiger partial charge in [-0.15, -0.1) is 0 Å². The monoisotopic (exact) mass is 344 g/mol. The second-order valence-electron chi connectivity index (χ2n) is 5.61. The van der Waals surface area contributed by atoms with Crippen LogP contribution in [0.5, 0.6) is 0 Å². The van der Waals surface area contributed by atoms with Crippen LogP contribution in [0.2, 0.25) is 0 Å². The van der Waals surface area contributed by atoms with Gasteiger partial charge in [0.25, 0.3) is 0 Å². The van der Waals surface area contributed by atoms with Crippen molar-refractivity contribution in [3.8, 4) is 0 Å². The third-order valence-corrected chi connectivity index (χ3v) is 3.16. The van der Waals surface area contributed by atoms with Gasteiger partial charge in [0.1, 0.15) is 5.84 Å². The Morgan fingerprint density at radius 2 is 1.79 bits per heavy atom. The van der Waals surface area contributed by atoms with Crippen LogP contribution in [0.4, 0.5) is 0 Å². The minimum absolute atomic E-state index is 0.110. The van der Waals surface area contributed by atoms with Gasteiger partial charge in [-0.3, -0.25) is 0 Å². The summed E-state index contributed by atoms with van der Waals surface area (Å²) in [5.41, 5.74) is 5.43. The number of oxime groups is 1. The number of nitrogens with two attached hydrogens (primary N) is 1. The highest BCUT2D eigenvalue weighted by Gasteiger charge is 2.24. The summed E-state index contributed by atoms with van der Waals surface area (Å²) in [7, 11) is 0. The van der Waals surface area contributed by atoms with E-state index in [-0.39, 0.29) is 25.7 Å².